The molecule has 2 N–H and O–H groups in total. The van der Waals surface area contributed by atoms with Crippen molar-refractivity contribution in [1.29, 1.82) is 0 Å². The van der Waals surface area contributed by atoms with Crippen LogP contribution < -0.4 is 10.9 Å². The highest BCUT2D eigenvalue weighted by atomic mass is 16.5. The molecule has 0 atom stereocenters. The molecule has 0 aliphatic carbocycles. The first-order chi connectivity index (χ1) is 12.0. The van der Waals surface area contributed by atoms with E-state index < -0.39 is 5.97 Å². The largest absolute Gasteiger partial charge is 0.478 e. The monoisotopic (exact) mass is 345 g/mol. The van der Waals surface area contributed by atoms with E-state index in [2.05, 4.69) is 10.4 Å². The second-order valence-corrected chi connectivity index (χ2v) is 5.28. The van der Waals surface area contributed by atoms with Gasteiger partial charge in [-0.1, -0.05) is 12.1 Å². The molecule has 8 heteroatoms. The highest BCUT2D eigenvalue weighted by Gasteiger charge is 2.09. The third-order valence-corrected chi connectivity index (χ3v) is 3.51. The Morgan fingerprint density at radius 3 is 2.56 bits per heavy atom. The van der Waals surface area contributed by atoms with Gasteiger partial charge >= 0.3 is 5.97 Å². The van der Waals surface area contributed by atoms with Crippen LogP contribution in [0, 0.1) is 0 Å². The van der Waals surface area contributed by atoms with E-state index in [1.54, 1.807) is 12.1 Å². The van der Waals surface area contributed by atoms with E-state index in [9.17, 15) is 14.4 Å². The van der Waals surface area contributed by atoms with Gasteiger partial charge in [0.25, 0.3) is 11.5 Å². The third-order valence-electron chi connectivity index (χ3n) is 3.51. The molecule has 0 aliphatic heterocycles. The van der Waals surface area contributed by atoms with Crippen LogP contribution in [0.15, 0.2) is 41.2 Å². The Morgan fingerprint density at radius 1 is 1.20 bits per heavy atom. The molecule has 0 unspecified atom stereocenters. The molecule has 0 spiro atoms. The Labute approximate surface area is 144 Å². The molecular formula is C17H19N3O5. The molecule has 2 rings (SSSR count). The predicted molar refractivity (Wildman–Crippen MR) is 89.8 cm³/mol. The Bertz CT molecular complexity index is 799. The number of benzene rings is 1. The standard InChI is InChI=1S/C17H19N3O5/c1-25-11-10-20-15(21)7-6-14(19-20)16(22)18-9-8-12-2-4-13(5-3-12)17(23)24/h2-7H,8-11H2,1H3,(H,18,22)(H,23,24). The number of aromatic nitrogens is 2. The summed E-state index contributed by atoms with van der Waals surface area (Å²) in [4.78, 5) is 34.6. The van der Waals surface area contributed by atoms with Crippen molar-refractivity contribution in [1.82, 2.24) is 15.1 Å². The number of aromatic carboxylic acids is 1. The van der Waals surface area contributed by atoms with Gasteiger partial charge in [0.15, 0.2) is 0 Å². The van der Waals surface area contributed by atoms with Gasteiger partial charge in [-0.15, -0.1) is 0 Å². The first-order valence-corrected chi connectivity index (χ1v) is 7.69. The first-order valence-electron chi connectivity index (χ1n) is 7.69. The molecule has 0 fully saturated rings. The van der Waals surface area contributed by atoms with Gasteiger partial charge in [-0.3, -0.25) is 9.59 Å². The van der Waals surface area contributed by atoms with Crippen molar-refractivity contribution in [2.75, 3.05) is 20.3 Å². The summed E-state index contributed by atoms with van der Waals surface area (Å²) in [7, 11) is 1.52. The zero-order chi connectivity index (χ0) is 18.2. The van der Waals surface area contributed by atoms with Crippen molar-refractivity contribution in [2.45, 2.75) is 13.0 Å². The Morgan fingerprint density at radius 2 is 1.92 bits per heavy atom. The third kappa shape index (κ3) is 5.25. The number of carboxylic acid groups (broad SMARTS) is 1. The maximum absolute atomic E-state index is 12.1. The van der Waals surface area contributed by atoms with Crippen LogP contribution in [0.5, 0.6) is 0 Å². The summed E-state index contributed by atoms with van der Waals surface area (Å²) in [5, 5.41) is 15.6. The van der Waals surface area contributed by atoms with E-state index in [0.29, 0.717) is 19.6 Å². The summed E-state index contributed by atoms with van der Waals surface area (Å²) < 4.78 is 6.08. The molecule has 1 amide bonds. The molecule has 0 saturated heterocycles. The van der Waals surface area contributed by atoms with Crippen LogP contribution in [0.1, 0.15) is 26.4 Å². The fourth-order valence-electron chi connectivity index (χ4n) is 2.13. The van der Waals surface area contributed by atoms with Crippen LogP contribution in [0.2, 0.25) is 0 Å². The molecule has 0 bridgehead atoms. The number of nitrogens with one attached hydrogen (secondary N) is 1. The van der Waals surface area contributed by atoms with E-state index >= 15 is 0 Å². The van der Waals surface area contributed by atoms with Crippen molar-refractivity contribution in [2.24, 2.45) is 0 Å². The van der Waals surface area contributed by atoms with E-state index in [4.69, 9.17) is 9.84 Å². The summed E-state index contributed by atoms with van der Waals surface area (Å²) in [6, 6.07) is 9.13. The smallest absolute Gasteiger partial charge is 0.335 e. The number of methoxy groups -OCH3 is 1. The number of rotatable bonds is 8. The first kappa shape index (κ1) is 18.3. The van der Waals surface area contributed by atoms with Crippen molar-refractivity contribution >= 4 is 11.9 Å². The highest BCUT2D eigenvalue weighted by molar-refractivity contribution is 5.92. The lowest BCUT2D eigenvalue weighted by Crippen LogP contribution is -2.31. The number of nitrogens with zero attached hydrogens (tertiary/aromatic N) is 2. The molecule has 1 aromatic heterocycles. The summed E-state index contributed by atoms with van der Waals surface area (Å²) in [6.45, 7) is 0.959. The lowest BCUT2D eigenvalue weighted by molar-refractivity contribution is 0.0696. The highest BCUT2D eigenvalue weighted by Crippen LogP contribution is 2.05. The number of hydrogen-bond acceptors (Lipinski definition) is 5. The van der Waals surface area contributed by atoms with Crippen LogP contribution in [0.4, 0.5) is 0 Å². The second kappa shape index (κ2) is 8.74. The minimum Gasteiger partial charge on any atom is -0.478 e. The summed E-state index contributed by atoms with van der Waals surface area (Å²) in [5.74, 6) is -1.36. The summed E-state index contributed by atoms with van der Waals surface area (Å²) in [6.07, 6.45) is 0.551. The molecule has 1 aromatic carbocycles. The maximum Gasteiger partial charge on any atom is 0.335 e. The molecular weight excluding hydrogens is 326 g/mol. The topological polar surface area (TPSA) is 111 Å². The van der Waals surface area contributed by atoms with Gasteiger partial charge in [0.05, 0.1) is 18.7 Å². The summed E-state index contributed by atoms with van der Waals surface area (Å²) in [5.41, 5.74) is 0.975. The van der Waals surface area contributed by atoms with Crippen LogP contribution in [-0.4, -0.2) is 47.0 Å². The van der Waals surface area contributed by atoms with E-state index in [1.807, 2.05) is 0 Å². The average molecular weight is 345 g/mol. The minimum atomic E-state index is -0.977. The van der Waals surface area contributed by atoms with Crippen LogP contribution >= 0.6 is 0 Å². The average Bonchev–Trinajstić information content (AvgIpc) is 2.61. The number of amides is 1. The lowest BCUT2D eigenvalue weighted by atomic mass is 10.1. The molecule has 0 radical (unpaired) electrons. The normalized spacial score (nSPS) is 10.4. The van der Waals surface area contributed by atoms with Gasteiger partial charge in [0, 0.05) is 19.7 Å². The molecule has 1 heterocycles. The van der Waals surface area contributed by atoms with E-state index in [0.717, 1.165) is 5.56 Å². The Balaban J connectivity index is 1.91. The van der Waals surface area contributed by atoms with Gasteiger partial charge in [-0.05, 0) is 30.2 Å². The van der Waals surface area contributed by atoms with Crippen molar-refractivity contribution in [3.8, 4) is 0 Å². The van der Waals surface area contributed by atoms with Gasteiger partial charge in [-0.2, -0.15) is 5.10 Å². The second-order valence-electron chi connectivity index (χ2n) is 5.28. The quantitative estimate of drug-likeness (QED) is 0.723. The molecule has 0 saturated carbocycles. The lowest BCUT2D eigenvalue weighted by Gasteiger charge is -2.08. The number of carboxylic acids is 1. The zero-order valence-electron chi connectivity index (χ0n) is 13.8. The maximum atomic E-state index is 12.1. The van der Waals surface area contributed by atoms with E-state index in [-0.39, 0.29) is 29.3 Å². The Kier molecular flexibility index (Phi) is 6.41. The van der Waals surface area contributed by atoms with Gasteiger partial charge < -0.3 is 15.2 Å². The van der Waals surface area contributed by atoms with E-state index in [1.165, 1.54) is 36.1 Å². The molecule has 8 nitrogen and oxygen atoms in total. The molecule has 2 aromatic rings. The zero-order valence-corrected chi connectivity index (χ0v) is 13.8. The van der Waals surface area contributed by atoms with Crippen LogP contribution in [0.3, 0.4) is 0 Å². The number of ether oxygens (including phenoxy) is 1. The predicted octanol–water partition coefficient (Wildman–Crippen LogP) is 0.560. The van der Waals surface area contributed by atoms with Crippen molar-refractivity contribution in [3.63, 3.8) is 0 Å². The van der Waals surface area contributed by atoms with Crippen molar-refractivity contribution in [3.05, 3.63) is 63.6 Å². The number of hydrogen-bond donors (Lipinski definition) is 2. The molecule has 132 valence electrons. The minimum absolute atomic E-state index is 0.150. The fraction of sp³-hybridized carbons (Fsp3) is 0.294. The van der Waals surface area contributed by atoms with Gasteiger partial charge in [0.2, 0.25) is 0 Å². The van der Waals surface area contributed by atoms with Crippen LogP contribution in [-0.2, 0) is 17.7 Å². The van der Waals surface area contributed by atoms with Crippen molar-refractivity contribution < 1.29 is 19.4 Å². The summed E-state index contributed by atoms with van der Waals surface area (Å²) >= 11 is 0. The van der Waals surface area contributed by atoms with Gasteiger partial charge in [0.1, 0.15) is 5.69 Å². The SMILES string of the molecule is COCCn1nc(C(=O)NCCc2ccc(C(=O)O)cc2)ccc1=O. The van der Waals surface area contributed by atoms with Gasteiger partial charge in [-0.25, -0.2) is 9.48 Å². The molecule has 25 heavy (non-hydrogen) atoms. The fourth-order valence-corrected chi connectivity index (χ4v) is 2.13. The van der Waals surface area contributed by atoms with Crippen LogP contribution in [0.25, 0.3) is 0 Å². The Hall–Kier alpha value is -3.00. The molecule has 0 aliphatic rings. The number of carbonyl (C=O) groups is 2. The number of carbonyl (C=O) groups excluding carboxylic acids is 1.